The fourth-order valence-electron chi connectivity index (χ4n) is 0.483. The molecule has 0 saturated heterocycles. The lowest BCUT2D eigenvalue weighted by molar-refractivity contribution is -0.109. The van der Waals surface area contributed by atoms with Gasteiger partial charge in [0.15, 0.2) is 12.0 Å². The first-order valence-electron chi connectivity index (χ1n) is 2.47. The van der Waals surface area contributed by atoms with Crippen molar-refractivity contribution in [1.82, 2.24) is 0 Å². The summed E-state index contributed by atoms with van der Waals surface area (Å²) in [4.78, 5) is 9.96. The maximum atomic E-state index is 9.96. The van der Waals surface area contributed by atoms with Crippen molar-refractivity contribution < 1.29 is 14.3 Å². The van der Waals surface area contributed by atoms with Gasteiger partial charge >= 0.3 is 0 Å². The predicted octanol–water partition coefficient (Wildman–Crippen LogP) is 0.586. The van der Waals surface area contributed by atoms with Crippen LogP contribution in [0.5, 0.6) is 0 Å². The van der Waals surface area contributed by atoms with Crippen molar-refractivity contribution in [1.29, 1.82) is 0 Å². The van der Waals surface area contributed by atoms with Crippen molar-refractivity contribution >= 4 is 6.29 Å². The molecular weight excluding hydrogens is 120 g/mol. The molecule has 0 spiro atoms. The lowest BCUT2D eigenvalue weighted by Crippen LogP contribution is -2.02. The first-order chi connectivity index (χ1) is 4.36. The van der Waals surface area contributed by atoms with Gasteiger partial charge in [-0.25, -0.2) is 0 Å². The van der Waals surface area contributed by atoms with Crippen molar-refractivity contribution in [3.05, 3.63) is 24.7 Å². The van der Waals surface area contributed by atoms with E-state index in [1.807, 2.05) is 0 Å². The molecule has 1 aliphatic rings. The van der Waals surface area contributed by atoms with Crippen LogP contribution in [-0.2, 0) is 14.3 Å². The van der Waals surface area contributed by atoms with Crippen LogP contribution >= 0.6 is 0 Å². The van der Waals surface area contributed by atoms with Gasteiger partial charge in [-0.1, -0.05) is 6.58 Å². The van der Waals surface area contributed by atoms with Crippen molar-refractivity contribution in [3.8, 4) is 0 Å². The van der Waals surface area contributed by atoms with Crippen LogP contribution in [0.1, 0.15) is 0 Å². The van der Waals surface area contributed by atoms with Crippen LogP contribution in [0, 0.1) is 0 Å². The summed E-state index contributed by atoms with van der Waals surface area (Å²) in [5.41, 5.74) is 0. The first kappa shape index (κ1) is 5.88. The summed E-state index contributed by atoms with van der Waals surface area (Å²) in [5.74, 6) is 0.208. The van der Waals surface area contributed by atoms with E-state index in [-0.39, 0.29) is 5.76 Å². The van der Waals surface area contributed by atoms with E-state index in [0.29, 0.717) is 6.29 Å². The van der Waals surface area contributed by atoms with Gasteiger partial charge in [-0.15, -0.1) is 0 Å². The Kier molecular flexibility index (Phi) is 1.53. The zero-order chi connectivity index (χ0) is 6.69. The fourth-order valence-corrected chi connectivity index (χ4v) is 0.483. The van der Waals surface area contributed by atoms with Crippen molar-refractivity contribution in [3.63, 3.8) is 0 Å². The maximum absolute atomic E-state index is 9.96. The molecule has 48 valence electrons. The monoisotopic (exact) mass is 126 g/mol. The molecule has 0 amide bonds. The number of hydrogen-bond acceptors (Lipinski definition) is 3. The summed E-state index contributed by atoms with van der Waals surface area (Å²) < 4.78 is 9.58. The van der Waals surface area contributed by atoms with Crippen molar-refractivity contribution in [2.75, 3.05) is 0 Å². The molecule has 1 unspecified atom stereocenters. The third-order valence-corrected chi connectivity index (χ3v) is 0.879. The Labute approximate surface area is 52.6 Å². The van der Waals surface area contributed by atoms with Gasteiger partial charge in [-0.2, -0.15) is 0 Å². The molecule has 0 aromatic rings. The van der Waals surface area contributed by atoms with Gasteiger partial charge in [-0.05, 0) is 6.08 Å². The van der Waals surface area contributed by atoms with E-state index in [4.69, 9.17) is 9.47 Å². The molecule has 1 aliphatic heterocycles. The van der Waals surface area contributed by atoms with Gasteiger partial charge in [0.05, 0.1) is 0 Å². The predicted molar refractivity (Wildman–Crippen MR) is 30.3 cm³/mol. The van der Waals surface area contributed by atoms with Gasteiger partial charge in [-0.3, -0.25) is 4.79 Å². The second-order valence-electron chi connectivity index (χ2n) is 1.50. The molecule has 0 fully saturated rings. The number of ether oxygens (including phenoxy) is 2. The minimum absolute atomic E-state index is 0.208. The molecule has 3 heteroatoms. The number of hydrogen-bond donors (Lipinski definition) is 0. The Morgan fingerprint density at radius 1 is 1.78 bits per heavy atom. The molecule has 0 aromatic heterocycles. The molecule has 0 N–H and O–H groups in total. The van der Waals surface area contributed by atoms with Gasteiger partial charge in [0.2, 0.25) is 0 Å². The summed E-state index contributed by atoms with van der Waals surface area (Å²) in [5, 5.41) is 0. The molecule has 1 heterocycles. The fraction of sp³-hybridized carbons (Fsp3) is 0.167. The normalized spacial score (nSPS) is 23.6. The minimum Gasteiger partial charge on any atom is -0.455 e. The third kappa shape index (κ3) is 1.10. The van der Waals surface area contributed by atoms with Gasteiger partial charge in [0.1, 0.15) is 6.26 Å². The Morgan fingerprint density at radius 2 is 2.56 bits per heavy atom. The highest BCUT2D eigenvalue weighted by atomic mass is 16.7. The highest BCUT2D eigenvalue weighted by Crippen LogP contribution is 2.11. The van der Waals surface area contributed by atoms with Gasteiger partial charge in [0.25, 0.3) is 6.29 Å². The van der Waals surface area contributed by atoms with E-state index in [9.17, 15) is 4.79 Å². The van der Waals surface area contributed by atoms with E-state index < -0.39 is 6.29 Å². The quantitative estimate of drug-likeness (QED) is 0.401. The van der Waals surface area contributed by atoms with Crippen LogP contribution in [-0.4, -0.2) is 12.6 Å². The number of carbonyl (C=O) groups is 1. The van der Waals surface area contributed by atoms with Crippen molar-refractivity contribution in [2.24, 2.45) is 0 Å². The molecule has 0 bridgehead atoms. The van der Waals surface area contributed by atoms with E-state index >= 15 is 0 Å². The van der Waals surface area contributed by atoms with E-state index in [0.717, 1.165) is 0 Å². The Balaban J connectivity index is 2.48. The Hall–Kier alpha value is -1.25. The number of allylic oxidation sites excluding steroid dienone is 1. The zero-order valence-electron chi connectivity index (χ0n) is 4.74. The summed E-state index contributed by atoms with van der Waals surface area (Å²) >= 11 is 0. The van der Waals surface area contributed by atoms with Crippen LogP contribution in [0.3, 0.4) is 0 Å². The lowest BCUT2D eigenvalue weighted by atomic mass is 10.6. The maximum Gasteiger partial charge on any atom is 0.260 e. The molecule has 0 radical (unpaired) electrons. The average molecular weight is 126 g/mol. The second-order valence-corrected chi connectivity index (χ2v) is 1.50. The summed E-state index contributed by atoms with van der Waals surface area (Å²) in [6, 6.07) is 0. The van der Waals surface area contributed by atoms with Crippen LogP contribution < -0.4 is 0 Å². The SMILES string of the molecule is C=CC1OC=C(C=O)O1. The summed E-state index contributed by atoms with van der Waals surface area (Å²) in [6.45, 7) is 3.41. The molecule has 0 saturated carbocycles. The average Bonchev–Trinajstić information content (AvgIpc) is 2.34. The molecular formula is C6H6O3. The standard InChI is InChI=1S/C6H6O3/c1-2-6-8-4-5(3-7)9-6/h2-4,6H,1H2. The highest BCUT2D eigenvalue weighted by molar-refractivity contribution is 5.70. The largest absolute Gasteiger partial charge is 0.455 e. The van der Waals surface area contributed by atoms with Gasteiger partial charge in [0, 0.05) is 0 Å². The molecule has 9 heavy (non-hydrogen) atoms. The Bertz CT molecular complexity index is 160. The number of carbonyl (C=O) groups excluding carboxylic acids is 1. The van der Waals surface area contributed by atoms with Crippen LogP contribution in [0.15, 0.2) is 24.7 Å². The van der Waals surface area contributed by atoms with Crippen LogP contribution in [0.4, 0.5) is 0 Å². The molecule has 0 aromatic carbocycles. The highest BCUT2D eigenvalue weighted by Gasteiger charge is 2.13. The lowest BCUT2D eigenvalue weighted by Gasteiger charge is -2.02. The summed E-state index contributed by atoms with van der Waals surface area (Å²) in [6.07, 6.45) is 2.83. The topological polar surface area (TPSA) is 35.5 Å². The van der Waals surface area contributed by atoms with Crippen LogP contribution in [0.2, 0.25) is 0 Å². The van der Waals surface area contributed by atoms with E-state index in [1.165, 1.54) is 12.3 Å². The number of aldehydes is 1. The second kappa shape index (κ2) is 2.35. The van der Waals surface area contributed by atoms with Gasteiger partial charge < -0.3 is 9.47 Å². The zero-order valence-corrected chi connectivity index (χ0v) is 4.74. The first-order valence-corrected chi connectivity index (χ1v) is 2.47. The Morgan fingerprint density at radius 3 is 2.89 bits per heavy atom. The number of rotatable bonds is 2. The van der Waals surface area contributed by atoms with E-state index in [1.54, 1.807) is 0 Å². The smallest absolute Gasteiger partial charge is 0.260 e. The van der Waals surface area contributed by atoms with E-state index in [2.05, 4.69) is 6.58 Å². The van der Waals surface area contributed by atoms with Crippen molar-refractivity contribution in [2.45, 2.75) is 6.29 Å². The van der Waals surface area contributed by atoms with Crippen LogP contribution in [0.25, 0.3) is 0 Å². The molecule has 1 rings (SSSR count). The minimum atomic E-state index is -0.481. The molecule has 0 aliphatic carbocycles. The third-order valence-electron chi connectivity index (χ3n) is 0.879. The summed E-state index contributed by atoms with van der Waals surface area (Å²) in [7, 11) is 0. The molecule has 1 atom stereocenters. The molecule has 3 nitrogen and oxygen atoms in total.